The van der Waals surface area contributed by atoms with Crippen LogP contribution < -0.4 is 5.32 Å². The Bertz CT molecular complexity index is 974. The SMILES string of the molecule is CNC(=O)/C(=N/OC)c1cccc(C)c1CO/N=C(\C)c1nccc(C(F)(F)F)n1. The number of hydrogen-bond donors (Lipinski definition) is 1. The molecule has 8 nitrogen and oxygen atoms in total. The quantitative estimate of drug-likeness (QED) is 0.546. The topological polar surface area (TPSA) is 98.1 Å². The number of aromatic nitrogens is 2. The molecule has 0 aliphatic carbocycles. The fourth-order valence-electron chi connectivity index (χ4n) is 2.46. The van der Waals surface area contributed by atoms with Gasteiger partial charge in [-0.1, -0.05) is 28.5 Å². The first-order chi connectivity index (χ1) is 14.2. The molecule has 1 heterocycles. The van der Waals surface area contributed by atoms with Crippen LogP contribution in [0.2, 0.25) is 0 Å². The lowest BCUT2D eigenvalue weighted by Crippen LogP contribution is -2.29. The lowest BCUT2D eigenvalue weighted by Gasteiger charge is -2.13. The summed E-state index contributed by atoms with van der Waals surface area (Å²) < 4.78 is 38.4. The first-order valence-electron chi connectivity index (χ1n) is 8.68. The number of aryl methyl sites for hydroxylation is 1. The number of amides is 1. The molecule has 0 atom stereocenters. The van der Waals surface area contributed by atoms with Crippen LogP contribution in [0.15, 0.2) is 40.8 Å². The molecular weight excluding hydrogens is 403 g/mol. The van der Waals surface area contributed by atoms with Gasteiger partial charge in [-0.2, -0.15) is 13.2 Å². The van der Waals surface area contributed by atoms with Gasteiger partial charge >= 0.3 is 6.18 Å². The predicted molar refractivity (Wildman–Crippen MR) is 103 cm³/mol. The number of hydrogen-bond acceptors (Lipinski definition) is 7. The van der Waals surface area contributed by atoms with Crippen LogP contribution in [0.25, 0.3) is 0 Å². The van der Waals surface area contributed by atoms with Crippen LogP contribution in [-0.4, -0.2) is 41.5 Å². The van der Waals surface area contributed by atoms with E-state index in [9.17, 15) is 18.0 Å². The summed E-state index contributed by atoms with van der Waals surface area (Å²) in [4.78, 5) is 29.5. The second-order valence-electron chi connectivity index (χ2n) is 6.02. The zero-order valence-corrected chi connectivity index (χ0v) is 16.7. The summed E-state index contributed by atoms with van der Waals surface area (Å²) in [6.07, 6.45) is -3.59. The van der Waals surface area contributed by atoms with Crippen LogP contribution in [0.4, 0.5) is 13.2 Å². The highest BCUT2D eigenvalue weighted by atomic mass is 19.4. The number of nitrogens with zero attached hydrogens (tertiary/aromatic N) is 4. The molecule has 0 radical (unpaired) electrons. The van der Waals surface area contributed by atoms with Crippen molar-refractivity contribution >= 4 is 17.3 Å². The molecule has 11 heteroatoms. The summed E-state index contributed by atoms with van der Waals surface area (Å²) in [5.74, 6) is -0.664. The third kappa shape index (κ3) is 5.52. The summed E-state index contributed by atoms with van der Waals surface area (Å²) in [5.41, 5.74) is 0.910. The van der Waals surface area contributed by atoms with Crippen LogP contribution in [-0.2, 0) is 27.3 Å². The Labute approximate surface area is 170 Å². The number of oxime groups is 2. The molecule has 1 amide bonds. The molecule has 30 heavy (non-hydrogen) atoms. The summed E-state index contributed by atoms with van der Waals surface area (Å²) in [6, 6.07) is 5.99. The van der Waals surface area contributed by atoms with Crippen molar-refractivity contribution in [1.29, 1.82) is 0 Å². The van der Waals surface area contributed by atoms with E-state index in [1.165, 1.54) is 21.1 Å². The number of carbonyl (C=O) groups excluding carboxylic acids is 1. The van der Waals surface area contributed by atoms with E-state index in [4.69, 9.17) is 9.68 Å². The number of halogens is 3. The van der Waals surface area contributed by atoms with Crippen molar-refractivity contribution in [1.82, 2.24) is 15.3 Å². The molecule has 0 aliphatic rings. The second kappa shape index (κ2) is 9.81. The van der Waals surface area contributed by atoms with Gasteiger partial charge in [-0.15, -0.1) is 0 Å². The molecule has 0 fully saturated rings. The van der Waals surface area contributed by atoms with Gasteiger partial charge in [0, 0.05) is 24.4 Å². The zero-order valence-electron chi connectivity index (χ0n) is 16.7. The van der Waals surface area contributed by atoms with Crippen molar-refractivity contribution in [2.45, 2.75) is 26.6 Å². The number of nitrogens with one attached hydrogen (secondary N) is 1. The Morgan fingerprint density at radius 1 is 1.23 bits per heavy atom. The minimum Gasteiger partial charge on any atom is -0.398 e. The highest BCUT2D eigenvalue weighted by Gasteiger charge is 2.33. The van der Waals surface area contributed by atoms with Gasteiger partial charge in [0.05, 0.1) is 0 Å². The third-order valence-corrected chi connectivity index (χ3v) is 3.97. The van der Waals surface area contributed by atoms with Crippen molar-refractivity contribution in [3.63, 3.8) is 0 Å². The molecule has 0 unspecified atom stereocenters. The number of alkyl halides is 3. The van der Waals surface area contributed by atoms with E-state index >= 15 is 0 Å². The number of rotatable bonds is 7. The molecular formula is C19H20F3N5O3. The van der Waals surface area contributed by atoms with Crippen LogP contribution in [0, 0.1) is 6.92 Å². The van der Waals surface area contributed by atoms with E-state index in [1.54, 1.807) is 12.1 Å². The van der Waals surface area contributed by atoms with Crippen molar-refractivity contribution < 1.29 is 27.6 Å². The van der Waals surface area contributed by atoms with E-state index in [0.717, 1.165) is 17.8 Å². The normalized spacial score (nSPS) is 12.5. The maximum atomic E-state index is 12.8. The zero-order chi connectivity index (χ0) is 22.3. The second-order valence-corrected chi connectivity index (χ2v) is 6.02. The Morgan fingerprint density at radius 2 is 1.97 bits per heavy atom. The Kier molecular flexibility index (Phi) is 7.45. The Balaban J connectivity index is 2.28. The van der Waals surface area contributed by atoms with Gasteiger partial charge in [0.2, 0.25) is 0 Å². The van der Waals surface area contributed by atoms with Gasteiger partial charge < -0.3 is 15.0 Å². The van der Waals surface area contributed by atoms with E-state index in [-0.39, 0.29) is 23.9 Å². The van der Waals surface area contributed by atoms with Crippen LogP contribution >= 0.6 is 0 Å². The molecule has 2 aromatic rings. The van der Waals surface area contributed by atoms with Gasteiger partial charge in [-0.05, 0) is 25.5 Å². The average Bonchev–Trinajstić information content (AvgIpc) is 2.72. The van der Waals surface area contributed by atoms with Gasteiger partial charge in [-0.25, -0.2) is 9.97 Å². The molecule has 160 valence electrons. The fourth-order valence-corrected chi connectivity index (χ4v) is 2.46. The summed E-state index contributed by atoms with van der Waals surface area (Å²) in [6.45, 7) is 3.16. The fraction of sp³-hybridized carbons (Fsp3) is 0.316. The third-order valence-electron chi connectivity index (χ3n) is 3.97. The van der Waals surface area contributed by atoms with E-state index in [0.29, 0.717) is 11.1 Å². The minimum absolute atomic E-state index is 0.0456. The largest absolute Gasteiger partial charge is 0.433 e. The van der Waals surface area contributed by atoms with Crippen LogP contribution in [0.5, 0.6) is 0 Å². The molecule has 0 spiro atoms. The standard InChI is InChI=1S/C19H20F3N5O3/c1-11-6-5-7-13(16(27-29-4)18(28)23-3)14(11)10-30-26-12(2)17-24-9-8-15(25-17)19(20,21)22/h5-9H,10H2,1-4H3,(H,23,28)/b26-12+,27-16+. The summed E-state index contributed by atoms with van der Waals surface area (Å²) >= 11 is 0. The maximum absolute atomic E-state index is 12.8. The first kappa shape index (κ1) is 22.8. The number of likely N-dealkylation sites (N-methyl/N-ethyl adjacent to an activating group) is 1. The van der Waals surface area contributed by atoms with E-state index in [2.05, 4.69) is 25.6 Å². The average molecular weight is 423 g/mol. The molecule has 1 N–H and O–H groups in total. The molecule has 1 aromatic carbocycles. The Morgan fingerprint density at radius 3 is 2.60 bits per heavy atom. The molecule has 1 aromatic heterocycles. The van der Waals surface area contributed by atoms with Crippen molar-refractivity contribution in [2.75, 3.05) is 14.2 Å². The van der Waals surface area contributed by atoms with Gasteiger partial charge in [-0.3, -0.25) is 4.79 Å². The maximum Gasteiger partial charge on any atom is 0.433 e. The van der Waals surface area contributed by atoms with Crippen molar-refractivity contribution in [3.05, 3.63) is 58.7 Å². The van der Waals surface area contributed by atoms with E-state index < -0.39 is 17.8 Å². The monoisotopic (exact) mass is 423 g/mol. The molecule has 0 saturated carbocycles. The Hall–Kier alpha value is -3.50. The number of carbonyl (C=O) groups is 1. The van der Waals surface area contributed by atoms with Crippen molar-refractivity contribution in [3.8, 4) is 0 Å². The van der Waals surface area contributed by atoms with Crippen LogP contribution in [0.1, 0.15) is 35.1 Å². The summed E-state index contributed by atoms with van der Waals surface area (Å²) in [5, 5.41) is 10.1. The summed E-state index contributed by atoms with van der Waals surface area (Å²) in [7, 11) is 2.78. The first-order valence-corrected chi connectivity index (χ1v) is 8.68. The lowest BCUT2D eigenvalue weighted by atomic mass is 9.98. The smallest absolute Gasteiger partial charge is 0.398 e. The van der Waals surface area contributed by atoms with E-state index in [1.807, 2.05) is 13.0 Å². The van der Waals surface area contributed by atoms with Gasteiger partial charge in [0.25, 0.3) is 5.91 Å². The lowest BCUT2D eigenvalue weighted by molar-refractivity contribution is -0.141. The highest BCUT2D eigenvalue weighted by Crippen LogP contribution is 2.27. The number of benzene rings is 1. The minimum atomic E-state index is -4.59. The van der Waals surface area contributed by atoms with Crippen LogP contribution in [0.3, 0.4) is 0 Å². The molecule has 0 aliphatic heterocycles. The van der Waals surface area contributed by atoms with Crippen molar-refractivity contribution in [2.24, 2.45) is 10.3 Å². The van der Waals surface area contributed by atoms with Gasteiger partial charge in [0.1, 0.15) is 25.1 Å². The predicted octanol–water partition coefficient (Wildman–Crippen LogP) is 2.84. The van der Waals surface area contributed by atoms with Gasteiger partial charge in [0.15, 0.2) is 11.5 Å². The molecule has 0 bridgehead atoms. The highest BCUT2D eigenvalue weighted by molar-refractivity contribution is 6.45. The molecule has 2 rings (SSSR count). The molecule has 0 saturated heterocycles.